The molecule has 0 aromatic heterocycles. The Kier molecular flexibility index (Phi) is 10.1. The largest absolute Gasteiger partial charge is 0.493 e. The number of benzene rings is 3. The topological polar surface area (TPSA) is 84.9 Å². The lowest BCUT2D eigenvalue weighted by molar-refractivity contribution is -0.149. The molecule has 0 aliphatic heterocycles. The van der Waals surface area contributed by atoms with Crippen molar-refractivity contribution in [3.05, 3.63) is 89.5 Å². The molecule has 202 valence electrons. The zero-order chi connectivity index (χ0) is 27.7. The number of aliphatic hydroxyl groups excluding tert-OH is 1. The van der Waals surface area contributed by atoms with Gasteiger partial charge in [0.15, 0.2) is 6.10 Å². The van der Waals surface area contributed by atoms with Gasteiger partial charge in [0.2, 0.25) is 0 Å². The van der Waals surface area contributed by atoms with Gasteiger partial charge in [-0.3, -0.25) is 4.79 Å². The van der Waals surface area contributed by atoms with Crippen LogP contribution in [0.3, 0.4) is 0 Å². The molecule has 0 aliphatic rings. The minimum atomic E-state index is -1.38. The maximum absolute atomic E-state index is 12.2. The van der Waals surface area contributed by atoms with Gasteiger partial charge in [0.05, 0.1) is 20.3 Å². The third kappa shape index (κ3) is 8.45. The summed E-state index contributed by atoms with van der Waals surface area (Å²) in [5.74, 6) is 0.0916. The molecule has 0 saturated carbocycles. The van der Waals surface area contributed by atoms with E-state index in [4.69, 9.17) is 4.74 Å². The molecule has 0 saturated heterocycles. The smallest absolute Gasteiger partial charge is 0.336 e. The van der Waals surface area contributed by atoms with Crippen LogP contribution < -0.4 is 10.1 Å². The first-order chi connectivity index (χ1) is 18.1. The Balaban J connectivity index is 1.42. The first-order valence-electron chi connectivity index (χ1n) is 13.0. The molecule has 0 spiro atoms. The molecule has 1 amide bonds. The molecular formula is C32H39NO5. The number of aryl methyl sites for hydroxylation is 1. The summed E-state index contributed by atoms with van der Waals surface area (Å²) >= 11 is 0. The summed E-state index contributed by atoms with van der Waals surface area (Å²) in [6.07, 6.45) is 0.446. The minimum Gasteiger partial charge on any atom is -0.493 e. The summed E-state index contributed by atoms with van der Waals surface area (Å²) < 4.78 is 10.5. The summed E-state index contributed by atoms with van der Waals surface area (Å²) in [4.78, 5) is 23.4. The van der Waals surface area contributed by atoms with Gasteiger partial charge in [-0.2, -0.15) is 0 Å². The Bertz CT molecular complexity index is 1180. The van der Waals surface area contributed by atoms with Crippen LogP contribution in [0.1, 0.15) is 55.6 Å². The molecule has 0 aliphatic carbocycles. The second kappa shape index (κ2) is 13.2. The maximum atomic E-state index is 12.2. The lowest BCUT2D eigenvalue weighted by Gasteiger charge is -2.19. The lowest BCUT2D eigenvalue weighted by Crippen LogP contribution is -2.37. The van der Waals surface area contributed by atoms with Crippen molar-refractivity contribution >= 4 is 11.9 Å². The van der Waals surface area contributed by atoms with E-state index in [9.17, 15) is 14.7 Å². The highest BCUT2D eigenvalue weighted by atomic mass is 16.5. The number of aliphatic hydroxyl groups is 1. The molecule has 2 atom stereocenters. The van der Waals surface area contributed by atoms with Gasteiger partial charge in [0.1, 0.15) is 5.75 Å². The van der Waals surface area contributed by atoms with E-state index in [0.29, 0.717) is 18.1 Å². The van der Waals surface area contributed by atoms with Crippen LogP contribution in [0.2, 0.25) is 0 Å². The van der Waals surface area contributed by atoms with Crippen molar-refractivity contribution in [3.63, 3.8) is 0 Å². The highest BCUT2D eigenvalue weighted by molar-refractivity contribution is 5.94. The first-order valence-corrected chi connectivity index (χ1v) is 13.0. The second-order valence-electron chi connectivity index (χ2n) is 10.8. The number of methoxy groups -OCH3 is 1. The van der Waals surface area contributed by atoms with E-state index in [1.807, 2.05) is 24.3 Å². The number of hydrogen-bond acceptors (Lipinski definition) is 5. The first kappa shape index (κ1) is 28.9. The third-order valence-corrected chi connectivity index (χ3v) is 6.54. The van der Waals surface area contributed by atoms with E-state index in [-0.39, 0.29) is 17.9 Å². The number of ether oxygens (including phenoxy) is 2. The Hall–Kier alpha value is -3.64. The Labute approximate surface area is 226 Å². The molecule has 3 rings (SSSR count). The van der Waals surface area contributed by atoms with Gasteiger partial charge in [-0.15, -0.1) is 0 Å². The molecular weight excluding hydrogens is 478 g/mol. The molecule has 3 aromatic rings. The van der Waals surface area contributed by atoms with Crippen LogP contribution >= 0.6 is 0 Å². The Morgan fingerprint density at radius 1 is 0.895 bits per heavy atom. The van der Waals surface area contributed by atoms with Crippen molar-refractivity contribution < 1.29 is 24.2 Å². The van der Waals surface area contributed by atoms with Crippen molar-refractivity contribution in [2.24, 2.45) is 5.92 Å². The number of carbonyl (C=O) groups excluding carboxylic acids is 2. The lowest BCUT2D eigenvalue weighted by atomic mass is 9.86. The third-order valence-electron chi connectivity index (χ3n) is 6.54. The number of carbonyl (C=O) groups is 2. The maximum Gasteiger partial charge on any atom is 0.336 e. The number of rotatable bonds is 11. The van der Waals surface area contributed by atoms with Gasteiger partial charge in [-0.05, 0) is 70.7 Å². The summed E-state index contributed by atoms with van der Waals surface area (Å²) in [6.45, 7) is 9.26. The molecule has 0 heterocycles. The predicted octanol–water partition coefficient (Wildman–Crippen LogP) is 5.56. The van der Waals surface area contributed by atoms with Gasteiger partial charge in [0, 0.05) is 5.56 Å². The van der Waals surface area contributed by atoms with Crippen LogP contribution in [0.25, 0.3) is 11.1 Å². The fourth-order valence-electron chi connectivity index (χ4n) is 3.97. The van der Waals surface area contributed by atoms with Gasteiger partial charge in [-0.1, -0.05) is 76.2 Å². The van der Waals surface area contributed by atoms with Crippen LogP contribution in [-0.4, -0.2) is 43.3 Å². The Morgan fingerprint density at radius 3 is 2.03 bits per heavy atom. The fraction of sp³-hybridized carbons (Fsp3) is 0.375. The van der Waals surface area contributed by atoms with Crippen molar-refractivity contribution in [2.75, 3.05) is 20.3 Å². The number of nitrogens with one attached hydrogen (secondary N) is 1. The molecule has 38 heavy (non-hydrogen) atoms. The standard InChI is InChI=1S/C32H39NO5/c1-22(6-7-23-8-10-26(11-9-23)30(35)33-20-29(34)31(36)37-5)21-38-28-18-14-25(15-19-28)24-12-16-27(17-13-24)32(2,3)4/h8-19,22,29,34H,6-7,20-21H2,1-5H3,(H,33,35)/t22?,29-/m1/s1. The minimum absolute atomic E-state index is 0.145. The molecule has 0 radical (unpaired) electrons. The number of esters is 1. The van der Waals surface area contributed by atoms with Crippen molar-refractivity contribution in [3.8, 4) is 16.9 Å². The fourth-order valence-corrected chi connectivity index (χ4v) is 3.97. The summed E-state index contributed by atoms with van der Waals surface area (Å²) in [5.41, 5.74) is 5.43. The van der Waals surface area contributed by atoms with Crippen LogP contribution in [0.5, 0.6) is 5.75 Å². The normalized spacial score (nSPS) is 12.9. The van der Waals surface area contributed by atoms with Crippen LogP contribution in [-0.2, 0) is 21.4 Å². The summed E-state index contributed by atoms with van der Waals surface area (Å²) in [7, 11) is 1.18. The van der Waals surface area contributed by atoms with Gasteiger partial charge >= 0.3 is 5.97 Å². The SMILES string of the molecule is COC(=O)[C@H](O)CNC(=O)c1ccc(CCC(C)COc2ccc(-c3ccc(C(C)(C)C)cc3)cc2)cc1. The molecule has 1 unspecified atom stereocenters. The van der Waals surface area contributed by atoms with Crippen molar-refractivity contribution in [1.82, 2.24) is 5.32 Å². The van der Waals surface area contributed by atoms with Gasteiger partial charge in [0.25, 0.3) is 5.91 Å². The van der Waals surface area contributed by atoms with Crippen molar-refractivity contribution in [2.45, 2.75) is 52.1 Å². The highest BCUT2D eigenvalue weighted by Crippen LogP contribution is 2.27. The van der Waals surface area contributed by atoms with Crippen LogP contribution in [0.15, 0.2) is 72.8 Å². The molecule has 3 aromatic carbocycles. The monoisotopic (exact) mass is 517 g/mol. The van der Waals surface area contributed by atoms with Crippen LogP contribution in [0.4, 0.5) is 0 Å². The zero-order valence-corrected chi connectivity index (χ0v) is 23.0. The predicted molar refractivity (Wildman–Crippen MR) is 150 cm³/mol. The molecule has 2 N–H and O–H groups in total. The van der Waals surface area contributed by atoms with E-state index in [0.717, 1.165) is 24.2 Å². The zero-order valence-electron chi connectivity index (χ0n) is 23.0. The number of hydrogen-bond donors (Lipinski definition) is 2. The molecule has 6 nitrogen and oxygen atoms in total. The molecule has 0 bridgehead atoms. The Morgan fingerprint density at radius 2 is 1.47 bits per heavy atom. The molecule has 0 fully saturated rings. The summed E-state index contributed by atoms with van der Waals surface area (Å²) in [6, 6.07) is 24.3. The van der Waals surface area contributed by atoms with E-state index in [2.05, 4.69) is 74.1 Å². The summed E-state index contributed by atoms with van der Waals surface area (Å²) in [5, 5.41) is 12.1. The molecule has 6 heteroatoms. The van der Waals surface area contributed by atoms with Crippen LogP contribution in [0, 0.1) is 5.92 Å². The quantitative estimate of drug-likeness (QED) is 0.325. The number of amides is 1. The average molecular weight is 518 g/mol. The van der Waals surface area contributed by atoms with E-state index >= 15 is 0 Å². The van der Waals surface area contributed by atoms with E-state index in [1.54, 1.807) is 12.1 Å². The van der Waals surface area contributed by atoms with Crippen molar-refractivity contribution in [1.29, 1.82) is 0 Å². The van der Waals surface area contributed by atoms with Gasteiger partial charge < -0.3 is 19.9 Å². The average Bonchev–Trinajstić information content (AvgIpc) is 2.93. The van der Waals surface area contributed by atoms with E-state index < -0.39 is 12.1 Å². The van der Waals surface area contributed by atoms with Gasteiger partial charge in [-0.25, -0.2) is 4.79 Å². The van der Waals surface area contributed by atoms with E-state index in [1.165, 1.54) is 23.8 Å². The highest BCUT2D eigenvalue weighted by Gasteiger charge is 2.17. The second-order valence-corrected chi connectivity index (χ2v) is 10.8.